The fourth-order valence-corrected chi connectivity index (χ4v) is 4.00. The van der Waals surface area contributed by atoms with Crippen molar-refractivity contribution in [3.05, 3.63) is 59.8 Å². The van der Waals surface area contributed by atoms with E-state index in [4.69, 9.17) is 16.3 Å². The van der Waals surface area contributed by atoms with Crippen molar-refractivity contribution in [3.8, 4) is 5.75 Å². The van der Waals surface area contributed by atoms with E-state index in [9.17, 15) is 13.2 Å². The highest BCUT2D eigenvalue weighted by Gasteiger charge is 2.16. The Morgan fingerprint density at radius 2 is 1.84 bits per heavy atom. The van der Waals surface area contributed by atoms with Crippen molar-refractivity contribution in [1.82, 2.24) is 14.6 Å². The van der Waals surface area contributed by atoms with Gasteiger partial charge in [0.15, 0.2) is 6.61 Å². The molecule has 3 aromatic rings. The number of ether oxygens (including phenoxy) is 1. The van der Waals surface area contributed by atoms with Gasteiger partial charge in [-0.1, -0.05) is 11.6 Å². The zero-order valence-electron chi connectivity index (χ0n) is 17.8. The van der Waals surface area contributed by atoms with Crippen LogP contribution >= 0.6 is 11.6 Å². The van der Waals surface area contributed by atoms with Crippen LogP contribution in [0.2, 0.25) is 5.02 Å². The third kappa shape index (κ3) is 6.09. The monoisotopic (exact) mass is 476 g/mol. The lowest BCUT2D eigenvalue weighted by atomic mass is 10.2. The number of aromatic nitrogens is 1. The molecule has 0 saturated heterocycles. The summed E-state index contributed by atoms with van der Waals surface area (Å²) >= 11 is 6.01. The summed E-state index contributed by atoms with van der Waals surface area (Å²) in [6, 6.07) is 13.4. The minimum atomic E-state index is -3.49. The van der Waals surface area contributed by atoms with Crippen LogP contribution in [0, 0.1) is 0 Å². The molecule has 0 unspecified atom stereocenters. The number of hydrogen-bond acceptors (Lipinski definition) is 6. The number of nitrogens with zero attached hydrogens (tertiary/aromatic N) is 2. The molecule has 170 valence electrons. The quantitative estimate of drug-likeness (QED) is 0.436. The first-order valence-corrected chi connectivity index (χ1v) is 11.8. The number of fused-ring (bicyclic) bond motifs is 1. The number of nitrogens with one attached hydrogen (secondary N) is 2. The Bertz CT molecular complexity index is 1180. The van der Waals surface area contributed by atoms with Crippen molar-refractivity contribution in [3.63, 3.8) is 0 Å². The molecule has 1 heterocycles. The summed E-state index contributed by atoms with van der Waals surface area (Å²) in [6.45, 7) is 1.01. The average Bonchev–Trinajstić information content (AvgIpc) is 2.77. The van der Waals surface area contributed by atoms with Crippen LogP contribution in [0.4, 0.5) is 5.69 Å². The second kappa shape index (κ2) is 10.6. The van der Waals surface area contributed by atoms with Gasteiger partial charge in [-0.15, -0.1) is 0 Å². The molecule has 1 amide bonds. The van der Waals surface area contributed by atoms with Crippen molar-refractivity contribution >= 4 is 44.1 Å². The molecule has 32 heavy (non-hydrogen) atoms. The van der Waals surface area contributed by atoms with E-state index in [2.05, 4.69) is 15.6 Å². The predicted molar refractivity (Wildman–Crippen MR) is 126 cm³/mol. The number of anilines is 1. The van der Waals surface area contributed by atoms with E-state index in [1.807, 2.05) is 24.3 Å². The van der Waals surface area contributed by atoms with E-state index < -0.39 is 10.0 Å². The maximum atomic E-state index is 12.1. The summed E-state index contributed by atoms with van der Waals surface area (Å²) in [7, 11) is -0.559. The number of carbonyl (C=O) groups is 1. The molecule has 2 N–H and O–H groups in total. The van der Waals surface area contributed by atoms with Crippen molar-refractivity contribution in [1.29, 1.82) is 0 Å². The van der Waals surface area contributed by atoms with Gasteiger partial charge < -0.3 is 15.4 Å². The molecule has 0 bridgehead atoms. The first-order valence-electron chi connectivity index (χ1n) is 9.97. The Kier molecular flexibility index (Phi) is 7.89. The van der Waals surface area contributed by atoms with E-state index in [-0.39, 0.29) is 17.4 Å². The number of halogens is 1. The second-order valence-corrected chi connectivity index (χ2v) is 9.79. The minimum Gasteiger partial charge on any atom is -0.484 e. The highest BCUT2D eigenvalue weighted by atomic mass is 35.5. The van der Waals surface area contributed by atoms with Gasteiger partial charge in [-0.3, -0.25) is 9.78 Å². The van der Waals surface area contributed by atoms with Crippen LogP contribution in [0.3, 0.4) is 0 Å². The van der Waals surface area contributed by atoms with Crippen molar-refractivity contribution in [2.24, 2.45) is 0 Å². The normalized spacial score (nSPS) is 11.5. The molecule has 0 saturated carbocycles. The van der Waals surface area contributed by atoms with Gasteiger partial charge in [-0.05, 0) is 55.0 Å². The number of sulfonamides is 1. The number of rotatable bonds is 10. The van der Waals surface area contributed by atoms with E-state index in [0.29, 0.717) is 23.9 Å². The molecule has 1 aromatic heterocycles. The molecule has 8 nitrogen and oxygen atoms in total. The molecule has 0 aliphatic heterocycles. The molecule has 0 radical (unpaired) electrons. The number of pyridine rings is 1. The SMILES string of the molecule is CN(C)S(=O)(=O)c1ccc(OCC(=O)NCCCNc2ccnc3cc(Cl)ccc23)cc1. The van der Waals surface area contributed by atoms with Crippen LogP contribution in [0.15, 0.2) is 59.6 Å². The van der Waals surface area contributed by atoms with E-state index in [1.54, 1.807) is 6.20 Å². The van der Waals surface area contributed by atoms with E-state index in [1.165, 1.54) is 38.4 Å². The molecule has 0 aliphatic carbocycles. The first kappa shape index (κ1) is 23.8. The third-order valence-corrected chi connectivity index (χ3v) is 6.73. The number of carbonyl (C=O) groups excluding carboxylic acids is 1. The molecular weight excluding hydrogens is 452 g/mol. The second-order valence-electron chi connectivity index (χ2n) is 7.20. The predicted octanol–water partition coefficient (Wildman–Crippen LogP) is 3.14. The maximum absolute atomic E-state index is 12.1. The Labute approximate surface area is 192 Å². The summed E-state index contributed by atoms with van der Waals surface area (Å²) in [4.78, 5) is 16.5. The van der Waals surface area contributed by atoms with Gasteiger partial charge in [0, 0.05) is 49.5 Å². The van der Waals surface area contributed by atoms with Gasteiger partial charge in [0.05, 0.1) is 10.4 Å². The molecule has 0 aliphatic rings. The fraction of sp³-hybridized carbons (Fsp3) is 0.273. The fourth-order valence-electron chi connectivity index (χ4n) is 2.93. The zero-order chi connectivity index (χ0) is 23.1. The summed E-state index contributed by atoms with van der Waals surface area (Å²) in [6.07, 6.45) is 2.45. The Balaban J connectivity index is 1.39. The minimum absolute atomic E-state index is 0.150. The molecule has 10 heteroatoms. The summed E-state index contributed by atoms with van der Waals surface area (Å²) < 4.78 is 30.7. The third-order valence-electron chi connectivity index (χ3n) is 4.67. The Hall–Kier alpha value is -2.88. The van der Waals surface area contributed by atoms with Crippen molar-refractivity contribution in [2.45, 2.75) is 11.3 Å². The summed E-state index contributed by atoms with van der Waals surface area (Å²) in [5.41, 5.74) is 1.78. The summed E-state index contributed by atoms with van der Waals surface area (Å²) in [5.74, 6) is 0.170. The van der Waals surface area contributed by atoms with Crippen LogP contribution in [0.1, 0.15) is 6.42 Å². The lowest BCUT2D eigenvalue weighted by molar-refractivity contribution is -0.123. The van der Waals surface area contributed by atoms with Gasteiger partial charge in [0.25, 0.3) is 5.91 Å². The summed E-state index contributed by atoms with van der Waals surface area (Å²) in [5, 5.41) is 7.77. The highest BCUT2D eigenvalue weighted by Crippen LogP contribution is 2.24. The first-order chi connectivity index (χ1) is 15.3. The van der Waals surface area contributed by atoms with Crippen molar-refractivity contribution in [2.75, 3.05) is 39.1 Å². The lowest BCUT2D eigenvalue weighted by Crippen LogP contribution is -2.30. The molecule has 0 atom stereocenters. The standard InChI is InChI=1S/C22H25ClN4O4S/c1-27(2)32(29,30)18-7-5-17(6-8-18)31-15-22(28)26-12-3-11-24-20-10-13-25-21-14-16(23)4-9-19(20)21/h4-10,13-14H,3,11-12,15H2,1-2H3,(H,24,25)(H,26,28). The van der Waals surface area contributed by atoms with Crippen LogP contribution in [0.5, 0.6) is 5.75 Å². The number of amides is 1. The Morgan fingerprint density at radius 1 is 1.09 bits per heavy atom. The van der Waals surface area contributed by atoms with Gasteiger partial charge >= 0.3 is 0 Å². The van der Waals surface area contributed by atoms with Gasteiger partial charge in [0.1, 0.15) is 5.75 Å². The van der Waals surface area contributed by atoms with E-state index >= 15 is 0 Å². The number of benzene rings is 2. The van der Waals surface area contributed by atoms with Crippen LogP contribution in [-0.2, 0) is 14.8 Å². The van der Waals surface area contributed by atoms with Gasteiger partial charge in [-0.25, -0.2) is 12.7 Å². The Morgan fingerprint density at radius 3 is 2.56 bits per heavy atom. The van der Waals surface area contributed by atoms with Crippen LogP contribution < -0.4 is 15.4 Å². The lowest BCUT2D eigenvalue weighted by Gasteiger charge is -2.12. The van der Waals surface area contributed by atoms with Crippen molar-refractivity contribution < 1.29 is 17.9 Å². The zero-order valence-corrected chi connectivity index (χ0v) is 19.4. The number of hydrogen-bond donors (Lipinski definition) is 2. The maximum Gasteiger partial charge on any atom is 0.257 e. The van der Waals surface area contributed by atoms with Gasteiger partial charge in [-0.2, -0.15) is 0 Å². The molecule has 2 aromatic carbocycles. The van der Waals surface area contributed by atoms with Crippen LogP contribution in [-0.4, -0.2) is 57.4 Å². The smallest absolute Gasteiger partial charge is 0.257 e. The largest absolute Gasteiger partial charge is 0.484 e. The van der Waals surface area contributed by atoms with Crippen LogP contribution in [0.25, 0.3) is 10.9 Å². The molecule has 3 rings (SSSR count). The van der Waals surface area contributed by atoms with Gasteiger partial charge in [0.2, 0.25) is 10.0 Å². The topological polar surface area (TPSA) is 101 Å². The average molecular weight is 477 g/mol. The molecule has 0 spiro atoms. The molecular formula is C22H25ClN4O4S. The van der Waals surface area contributed by atoms with E-state index in [0.717, 1.165) is 27.3 Å². The highest BCUT2D eigenvalue weighted by molar-refractivity contribution is 7.89. The molecule has 0 fully saturated rings.